The van der Waals surface area contributed by atoms with Gasteiger partial charge in [-0.05, 0) is 23.8 Å². The highest BCUT2D eigenvalue weighted by Crippen LogP contribution is 2.34. The number of rotatable bonds is 3. The van der Waals surface area contributed by atoms with Crippen molar-refractivity contribution in [3.63, 3.8) is 0 Å². The Labute approximate surface area is 157 Å². The van der Waals surface area contributed by atoms with E-state index < -0.39 is 17.8 Å². The van der Waals surface area contributed by atoms with Crippen LogP contribution in [0, 0.1) is 0 Å². The van der Waals surface area contributed by atoms with Crippen molar-refractivity contribution >= 4 is 22.4 Å². The predicted octanol–water partition coefficient (Wildman–Crippen LogP) is 4.75. The Balaban J connectivity index is 2.04. The second-order valence-electron chi connectivity index (χ2n) is 6.07. The van der Waals surface area contributed by atoms with E-state index >= 15 is 0 Å². The molecule has 0 unspecified atom stereocenters. The van der Waals surface area contributed by atoms with E-state index in [4.69, 9.17) is 4.74 Å². The lowest BCUT2D eigenvalue weighted by Crippen LogP contribution is -2.14. The van der Waals surface area contributed by atoms with Gasteiger partial charge in [-0.25, -0.2) is 14.3 Å². The molecule has 0 N–H and O–H groups in total. The molecule has 0 bridgehead atoms. The zero-order valence-electron chi connectivity index (χ0n) is 14.7. The minimum atomic E-state index is -4.68. The first-order chi connectivity index (χ1) is 13.4. The summed E-state index contributed by atoms with van der Waals surface area (Å²) in [5.41, 5.74) is -0.702. The molecule has 0 fully saturated rings. The first-order valence-electron chi connectivity index (χ1n) is 8.51. The number of alkyl halides is 3. The zero-order valence-corrected chi connectivity index (χ0v) is 14.7. The molecular weight excluding hydrogens is 371 g/mol. The lowest BCUT2D eigenvalue weighted by molar-refractivity contribution is -0.142. The van der Waals surface area contributed by atoms with Crippen LogP contribution in [0.15, 0.2) is 54.7 Å². The summed E-state index contributed by atoms with van der Waals surface area (Å²) >= 11 is 0. The van der Waals surface area contributed by atoms with Crippen molar-refractivity contribution in [1.82, 2.24) is 14.6 Å². The van der Waals surface area contributed by atoms with E-state index in [1.54, 1.807) is 25.1 Å². The number of aromatic nitrogens is 3. The SMILES string of the molecule is CCOC(=O)c1cnn2c(C(F)(F)F)cc(-c3cccc4ccccc34)nc12. The Morgan fingerprint density at radius 3 is 2.64 bits per heavy atom. The molecule has 4 rings (SSSR count). The molecule has 2 aromatic heterocycles. The van der Waals surface area contributed by atoms with Gasteiger partial charge in [0.05, 0.1) is 18.5 Å². The van der Waals surface area contributed by atoms with E-state index in [-0.39, 0.29) is 23.5 Å². The third kappa shape index (κ3) is 2.96. The predicted molar refractivity (Wildman–Crippen MR) is 96.9 cm³/mol. The van der Waals surface area contributed by atoms with Crippen LogP contribution in [0.25, 0.3) is 27.7 Å². The lowest BCUT2D eigenvalue weighted by Gasteiger charge is -2.12. The van der Waals surface area contributed by atoms with Crippen molar-refractivity contribution in [2.24, 2.45) is 0 Å². The molecule has 0 saturated carbocycles. The highest BCUT2D eigenvalue weighted by molar-refractivity contribution is 5.98. The lowest BCUT2D eigenvalue weighted by atomic mass is 10.0. The second-order valence-corrected chi connectivity index (χ2v) is 6.07. The fraction of sp³-hybridized carbons (Fsp3) is 0.150. The van der Waals surface area contributed by atoms with E-state index in [9.17, 15) is 18.0 Å². The maximum absolute atomic E-state index is 13.7. The standard InChI is InChI=1S/C20H14F3N3O2/c1-2-28-19(27)15-11-24-26-17(20(21,22)23)10-16(25-18(15)26)14-9-5-7-12-6-3-4-8-13(12)14/h3-11H,2H2,1H3. The van der Waals surface area contributed by atoms with Crippen LogP contribution in [0.1, 0.15) is 23.0 Å². The minimum absolute atomic E-state index is 0.0886. The first-order valence-corrected chi connectivity index (χ1v) is 8.51. The largest absolute Gasteiger partial charge is 0.462 e. The number of halogens is 3. The van der Waals surface area contributed by atoms with Crippen LogP contribution in [0.5, 0.6) is 0 Å². The molecule has 8 heteroatoms. The van der Waals surface area contributed by atoms with Gasteiger partial charge in [0.25, 0.3) is 0 Å². The molecule has 2 aromatic carbocycles. The van der Waals surface area contributed by atoms with Crippen LogP contribution in [0.2, 0.25) is 0 Å². The average Bonchev–Trinajstić information content (AvgIpc) is 3.10. The van der Waals surface area contributed by atoms with Crippen LogP contribution < -0.4 is 0 Å². The number of esters is 1. The number of hydrogen-bond acceptors (Lipinski definition) is 4. The van der Waals surface area contributed by atoms with Crippen LogP contribution in [0.4, 0.5) is 13.2 Å². The molecule has 0 aliphatic rings. The number of benzene rings is 2. The maximum Gasteiger partial charge on any atom is 0.433 e. The third-order valence-electron chi connectivity index (χ3n) is 4.32. The minimum Gasteiger partial charge on any atom is -0.462 e. The molecular formula is C20H14F3N3O2. The summed E-state index contributed by atoms with van der Waals surface area (Å²) in [7, 11) is 0. The number of fused-ring (bicyclic) bond motifs is 2. The van der Waals surface area contributed by atoms with Gasteiger partial charge in [-0.15, -0.1) is 0 Å². The van der Waals surface area contributed by atoms with Gasteiger partial charge >= 0.3 is 12.1 Å². The molecule has 142 valence electrons. The smallest absolute Gasteiger partial charge is 0.433 e. The summed E-state index contributed by atoms with van der Waals surface area (Å²) in [6.07, 6.45) is -3.64. The number of carbonyl (C=O) groups excluding carboxylic acids is 1. The van der Waals surface area contributed by atoms with Gasteiger partial charge in [0.2, 0.25) is 0 Å². The van der Waals surface area contributed by atoms with Gasteiger partial charge in [-0.3, -0.25) is 0 Å². The Morgan fingerprint density at radius 2 is 1.89 bits per heavy atom. The molecule has 0 aliphatic heterocycles. The maximum atomic E-state index is 13.7. The number of hydrogen-bond donors (Lipinski definition) is 0. The van der Waals surface area contributed by atoms with Crippen LogP contribution >= 0.6 is 0 Å². The summed E-state index contributed by atoms with van der Waals surface area (Å²) in [6.45, 7) is 1.70. The summed E-state index contributed by atoms with van der Waals surface area (Å²) in [5.74, 6) is -0.770. The van der Waals surface area contributed by atoms with E-state index in [0.717, 1.165) is 23.0 Å². The van der Waals surface area contributed by atoms with Crippen LogP contribution in [-0.4, -0.2) is 27.2 Å². The molecule has 28 heavy (non-hydrogen) atoms. The van der Waals surface area contributed by atoms with Gasteiger partial charge in [-0.1, -0.05) is 42.5 Å². The summed E-state index contributed by atoms with van der Waals surface area (Å²) < 4.78 is 46.6. The summed E-state index contributed by atoms with van der Waals surface area (Å²) in [5, 5.41) is 5.35. The van der Waals surface area contributed by atoms with E-state index in [1.165, 1.54) is 0 Å². The Bertz CT molecular complexity index is 1190. The molecule has 0 amide bonds. The Hall–Kier alpha value is -3.42. The third-order valence-corrected chi connectivity index (χ3v) is 4.32. The van der Waals surface area contributed by atoms with Gasteiger partial charge in [0.15, 0.2) is 11.3 Å². The molecule has 5 nitrogen and oxygen atoms in total. The van der Waals surface area contributed by atoms with E-state index in [1.807, 2.05) is 24.3 Å². The van der Waals surface area contributed by atoms with E-state index in [2.05, 4.69) is 10.1 Å². The molecule has 0 saturated heterocycles. The fourth-order valence-electron chi connectivity index (χ4n) is 3.10. The number of ether oxygens (including phenoxy) is 1. The Morgan fingerprint density at radius 1 is 1.14 bits per heavy atom. The topological polar surface area (TPSA) is 56.5 Å². The van der Waals surface area contributed by atoms with Crippen molar-refractivity contribution in [1.29, 1.82) is 0 Å². The Kier molecular flexibility index (Phi) is 4.26. The summed E-state index contributed by atoms with van der Waals surface area (Å²) in [6, 6.07) is 13.6. The highest BCUT2D eigenvalue weighted by atomic mass is 19.4. The van der Waals surface area contributed by atoms with Crippen molar-refractivity contribution in [3.8, 4) is 11.3 Å². The summed E-state index contributed by atoms with van der Waals surface area (Å²) in [4.78, 5) is 16.5. The van der Waals surface area contributed by atoms with Crippen LogP contribution in [-0.2, 0) is 10.9 Å². The molecule has 0 spiro atoms. The second kappa shape index (κ2) is 6.63. The molecule has 0 atom stereocenters. The highest BCUT2D eigenvalue weighted by Gasteiger charge is 2.36. The van der Waals surface area contributed by atoms with Gasteiger partial charge in [-0.2, -0.15) is 18.3 Å². The quantitative estimate of drug-likeness (QED) is 0.478. The normalized spacial score (nSPS) is 11.9. The number of nitrogens with zero attached hydrogens (tertiary/aromatic N) is 3. The zero-order chi connectivity index (χ0) is 19.9. The molecule has 0 radical (unpaired) electrons. The van der Waals surface area contributed by atoms with Crippen LogP contribution in [0.3, 0.4) is 0 Å². The number of carbonyl (C=O) groups is 1. The average molecular weight is 385 g/mol. The van der Waals surface area contributed by atoms with Crippen molar-refractivity contribution in [2.75, 3.05) is 6.61 Å². The van der Waals surface area contributed by atoms with Crippen molar-refractivity contribution < 1.29 is 22.7 Å². The van der Waals surface area contributed by atoms with Crippen molar-refractivity contribution in [3.05, 3.63) is 66.0 Å². The molecule has 2 heterocycles. The fourth-order valence-corrected chi connectivity index (χ4v) is 3.10. The van der Waals surface area contributed by atoms with Gasteiger partial charge in [0, 0.05) is 5.56 Å². The van der Waals surface area contributed by atoms with Crippen molar-refractivity contribution in [2.45, 2.75) is 13.1 Å². The first kappa shape index (κ1) is 18.0. The molecule has 4 aromatic rings. The van der Waals surface area contributed by atoms with E-state index in [0.29, 0.717) is 10.1 Å². The van der Waals surface area contributed by atoms with Gasteiger partial charge < -0.3 is 4.74 Å². The monoisotopic (exact) mass is 385 g/mol. The van der Waals surface area contributed by atoms with Gasteiger partial charge in [0.1, 0.15) is 5.56 Å². The molecule has 0 aliphatic carbocycles.